The second-order valence-electron chi connectivity index (χ2n) is 28.1. The molecule has 634 valence electrons. The second kappa shape index (κ2) is 46.8. The molecule has 7 rings (SSSR count). The third-order valence-corrected chi connectivity index (χ3v) is 21.2. The molecule has 0 spiro atoms. The van der Waals surface area contributed by atoms with Gasteiger partial charge in [0.2, 0.25) is 82.7 Å². The van der Waals surface area contributed by atoms with Gasteiger partial charge >= 0.3 is 5.97 Å². The molecule has 39 heteroatoms. The van der Waals surface area contributed by atoms with Crippen molar-refractivity contribution in [3.63, 3.8) is 0 Å². The van der Waals surface area contributed by atoms with Crippen LogP contribution >= 0.6 is 21.6 Å². The number of carboxylic acids is 1. The lowest BCUT2D eigenvalue weighted by molar-refractivity contribution is -0.142. The maximum Gasteiger partial charge on any atom is 0.327 e. The first kappa shape index (κ1) is 93.3. The van der Waals surface area contributed by atoms with Gasteiger partial charge in [-0.3, -0.25) is 67.1 Å². The van der Waals surface area contributed by atoms with Gasteiger partial charge in [0, 0.05) is 60.7 Å². The fourth-order valence-corrected chi connectivity index (χ4v) is 14.7. The number of aliphatic carboxylic acids is 1. The number of aliphatic hydroxyl groups is 3. The number of unbranched alkanes of at least 4 members (excludes halogenated alkanes) is 1. The molecule has 1 aliphatic heterocycles. The van der Waals surface area contributed by atoms with E-state index in [1.807, 2.05) is 0 Å². The number of aromatic nitrogens is 1. The summed E-state index contributed by atoms with van der Waals surface area (Å²) in [6, 6.07) is 13.1. The number of amides is 14. The molecule has 0 saturated carbocycles. The molecule has 14 amide bonds. The quantitative estimate of drug-likeness (QED) is 0.0205. The molecule has 1 aromatic heterocycles. The molecule has 36 nitrogen and oxygen atoms in total. The van der Waals surface area contributed by atoms with E-state index in [2.05, 4.69) is 74.1 Å². The first-order valence-corrected chi connectivity index (χ1v) is 40.3. The zero-order valence-electron chi connectivity index (χ0n) is 64.8. The third kappa shape index (κ3) is 29.4. The summed E-state index contributed by atoms with van der Waals surface area (Å²) in [6.07, 6.45) is -4.61. The molecule has 1 saturated heterocycles. The van der Waals surface area contributed by atoms with E-state index in [1.54, 1.807) is 121 Å². The van der Waals surface area contributed by atoms with Gasteiger partial charge in [-0.25, -0.2) is 9.18 Å². The first-order valence-electron chi connectivity index (χ1n) is 37.8. The monoisotopic (exact) mass is 1670 g/mol. The predicted molar refractivity (Wildman–Crippen MR) is 432 cm³/mol. The third-order valence-electron chi connectivity index (χ3n) is 18.8. The Morgan fingerprint density at radius 3 is 1.33 bits per heavy atom. The van der Waals surface area contributed by atoms with Gasteiger partial charge in [0.1, 0.15) is 84.4 Å². The maximum atomic E-state index is 15.5. The number of benzene rings is 5. The van der Waals surface area contributed by atoms with Crippen LogP contribution in [0.3, 0.4) is 0 Å². The Hall–Kier alpha value is -11.9. The van der Waals surface area contributed by atoms with Crippen LogP contribution < -0.4 is 86.3 Å². The van der Waals surface area contributed by atoms with Crippen LogP contribution in [0.1, 0.15) is 74.3 Å². The molecule has 0 unspecified atom stereocenters. The number of primary amides is 1. The number of aromatic amines is 1. The minimum atomic E-state index is -2.02. The lowest BCUT2D eigenvalue weighted by atomic mass is 9.99. The number of carbonyl (C=O) groups excluding carboxylic acids is 14. The molecule has 0 radical (unpaired) electrons. The number of carbonyl (C=O) groups is 15. The summed E-state index contributed by atoms with van der Waals surface area (Å²) in [5.41, 5.74) is 19.6. The molecule has 0 bridgehead atoms. The van der Waals surface area contributed by atoms with E-state index in [4.69, 9.17) is 17.2 Å². The zero-order chi connectivity index (χ0) is 86.1. The molecule has 0 aliphatic carbocycles. The fourth-order valence-electron chi connectivity index (χ4n) is 12.3. The number of halogens is 1. The zero-order valence-corrected chi connectivity index (χ0v) is 66.4. The number of hydrogen-bond donors (Lipinski definition) is 21. The number of carboxylic acid groups (broad SMARTS) is 1. The molecular weight excluding hydrogens is 1570 g/mol. The van der Waals surface area contributed by atoms with Crippen LogP contribution in [0.25, 0.3) is 10.9 Å². The van der Waals surface area contributed by atoms with E-state index in [0.717, 1.165) is 47.6 Å². The van der Waals surface area contributed by atoms with Crippen LogP contribution in [-0.2, 0) is 104 Å². The maximum absolute atomic E-state index is 15.5. The molecule has 24 N–H and O–H groups in total. The van der Waals surface area contributed by atoms with Crippen molar-refractivity contribution in [1.29, 1.82) is 0 Å². The van der Waals surface area contributed by atoms with Gasteiger partial charge in [-0.05, 0) is 92.6 Å². The van der Waals surface area contributed by atoms with Crippen molar-refractivity contribution in [3.8, 4) is 0 Å². The summed E-state index contributed by atoms with van der Waals surface area (Å²) in [6.45, 7) is 1.77. The molecule has 5 aromatic carbocycles. The lowest BCUT2D eigenvalue weighted by Crippen LogP contribution is -2.63. The topological polar surface area (TPSA) is 587 Å². The highest BCUT2D eigenvalue weighted by molar-refractivity contribution is 8.76. The van der Waals surface area contributed by atoms with E-state index >= 15 is 19.2 Å². The number of nitrogens with one attached hydrogen (secondary N) is 14. The molecule has 2 heterocycles. The normalized spacial score (nSPS) is 23.4. The SMILES string of the molecule is C[C@H](NC(=O)CN)C(=O)N[C@H]1CSSC[C@H](C(=O)O)NC(=O)[C@H](CO)NC(=O)[C@H]([C@@H](C)O)NC(=O)[C@H](Cc2ccccc2)NC(=O)[C@H]([C@@H](C)O)NC(=O)[C@H](Cc2ccc(F)cc2)NC(=O)[C@H](Cc2c[nH]c3ccccc23)NC(=O)[C@H](Cc2ccccc2)NC(=O)[C@H](Cc2ccccc2)NC(=O)[C@H](CC(N)=O)NC(=O)[C@H](CCCCN)NC1=O. The molecule has 6 aromatic rings. The van der Waals surface area contributed by atoms with E-state index in [9.17, 15) is 77.6 Å². The van der Waals surface area contributed by atoms with Crippen LogP contribution in [0, 0.1) is 5.82 Å². The van der Waals surface area contributed by atoms with Gasteiger partial charge in [-0.2, -0.15) is 0 Å². The minimum absolute atomic E-state index is 0.0933. The number of fused-ring (bicyclic) bond motifs is 1. The van der Waals surface area contributed by atoms with Crippen LogP contribution in [0.4, 0.5) is 4.39 Å². The van der Waals surface area contributed by atoms with Gasteiger partial charge in [0.05, 0.1) is 31.8 Å². The number of H-pyrrole nitrogens is 1. The van der Waals surface area contributed by atoms with Crippen molar-refractivity contribution in [2.24, 2.45) is 17.2 Å². The number of nitrogens with two attached hydrogens (primary N) is 3. The van der Waals surface area contributed by atoms with Crippen molar-refractivity contribution in [1.82, 2.24) is 74.1 Å². The smallest absolute Gasteiger partial charge is 0.327 e. The summed E-state index contributed by atoms with van der Waals surface area (Å²) >= 11 is 0. The Bertz CT molecular complexity index is 4460. The van der Waals surface area contributed by atoms with E-state index in [-0.39, 0.29) is 57.1 Å². The summed E-state index contributed by atoms with van der Waals surface area (Å²) in [7, 11) is 1.47. The van der Waals surface area contributed by atoms with Crippen molar-refractivity contribution in [3.05, 3.63) is 179 Å². The first-order chi connectivity index (χ1) is 56.3. The van der Waals surface area contributed by atoms with Crippen molar-refractivity contribution >= 4 is 121 Å². The summed E-state index contributed by atoms with van der Waals surface area (Å²) in [4.78, 5) is 218. The van der Waals surface area contributed by atoms with Crippen LogP contribution in [0.15, 0.2) is 146 Å². The molecule has 118 heavy (non-hydrogen) atoms. The van der Waals surface area contributed by atoms with E-state index in [1.165, 1.54) is 19.1 Å². The number of aliphatic hydroxyl groups excluding tert-OH is 3. The Morgan fingerprint density at radius 2 is 0.873 bits per heavy atom. The Balaban J connectivity index is 1.34. The molecule has 1 fully saturated rings. The highest BCUT2D eigenvalue weighted by Gasteiger charge is 2.40. The summed E-state index contributed by atoms with van der Waals surface area (Å²) in [5, 5.41) is 76.1. The Kier molecular flexibility index (Phi) is 37.0. The largest absolute Gasteiger partial charge is 0.480 e. The van der Waals surface area contributed by atoms with Crippen molar-refractivity contribution in [2.75, 3.05) is 31.2 Å². The van der Waals surface area contributed by atoms with Crippen LogP contribution in [-0.4, -0.2) is 236 Å². The number of para-hydroxylation sites is 1. The minimum Gasteiger partial charge on any atom is -0.480 e. The number of hydrogen-bond acceptors (Lipinski definition) is 22. The Labute approximate surface area is 685 Å². The van der Waals surface area contributed by atoms with Gasteiger partial charge in [-0.1, -0.05) is 143 Å². The fraction of sp³-hybridized carbons (Fsp3) is 0.405. The molecule has 15 atom stereocenters. The van der Waals surface area contributed by atoms with Gasteiger partial charge in [-0.15, -0.1) is 0 Å². The van der Waals surface area contributed by atoms with Gasteiger partial charge in [0.15, 0.2) is 0 Å². The summed E-state index contributed by atoms with van der Waals surface area (Å²) in [5.74, 6) is -18.9. The molecule has 1 aliphatic rings. The van der Waals surface area contributed by atoms with Gasteiger partial charge < -0.3 is 112 Å². The lowest BCUT2D eigenvalue weighted by Gasteiger charge is -2.29. The van der Waals surface area contributed by atoms with Gasteiger partial charge in [0.25, 0.3) is 0 Å². The predicted octanol–water partition coefficient (Wildman–Crippen LogP) is -3.66. The Morgan fingerprint density at radius 1 is 0.475 bits per heavy atom. The number of rotatable bonds is 24. The average Bonchev–Trinajstić information content (AvgIpc) is 1.36. The average molecular weight is 1670 g/mol. The second-order valence-corrected chi connectivity index (χ2v) is 30.6. The van der Waals surface area contributed by atoms with Crippen molar-refractivity contribution in [2.45, 2.75) is 169 Å². The van der Waals surface area contributed by atoms with E-state index in [0.29, 0.717) is 33.2 Å². The van der Waals surface area contributed by atoms with Crippen LogP contribution in [0.5, 0.6) is 0 Å². The standard InChI is InChI=1S/C79H100FN17O19S2/c1-42(85-64(102)37-82)67(103)94-61-40-117-118-41-62(79(115)116)95-75(111)60(39-98)93-78(114)66(44(3)100)97-74(110)57(33-47-21-11-6-12-22-47)92-77(113)65(43(2)99)96-73(109)56(34-48-26-28-50(80)29-27-48)89-71(107)58(35-49-38-84-52-24-14-13-23-51(49)52)90-70(106)55(32-46-19-9-5-10-20-46)87-69(105)54(31-45-17-7-4-8-18-45)88-72(108)59(36-63(83)101)91-68(104)53(86-76(61)112)25-15-16-30-81/h4-14,17-24,26-29,38,42-44,53-62,65-66,84,98-100H,15-16,25,30-37,39-41,81-82H2,1-3H3,(H2,83,101)(H,85,102)(H,86,112)(H,87,105)(H,88,108)(H,89,107)(H,90,106)(H,91,104)(H,92,113)(H,93,114)(H,94,103)(H,95,111)(H,96,109)(H,97,110)(H,115,116)/t42-,43+,44+,53-,54-,55-,56-,57-,58-,59-,60-,61-,62+,65-,66-/m0/s1. The van der Waals surface area contributed by atoms with Crippen LogP contribution in [0.2, 0.25) is 0 Å². The molecular formula is C79H100FN17O19S2. The summed E-state index contributed by atoms with van der Waals surface area (Å²) < 4.78 is 14.6. The van der Waals surface area contributed by atoms with E-state index < -0.39 is 223 Å². The highest BCUT2D eigenvalue weighted by Crippen LogP contribution is 2.25. The highest BCUT2D eigenvalue weighted by atomic mass is 33.1. The van der Waals surface area contributed by atoms with Crippen molar-refractivity contribution < 1.29 is 96.7 Å².